The van der Waals surface area contributed by atoms with Crippen LogP contribution in [0.3, 0.4) is 0 Å². The van der Waals surface area contributed by atoms with Gasteiger partial charge in [-0.1, -0.05) is 23.2 Å². The molecule has 0 spiro atoms. The number of hydrogen-bond acceptors (Lipinski definition) is 3. The quantitative estimate of drug-likeness (QED) is 0.720. The van der Waals surface area contributed by atoms with Crippen molar-refractivity contribution in [1.29, 1.82) is 0 Å². The van der Waals surface area contributed by atoms with E-state index >= 15 is 0 Å². The van der Waals surface area contributed by atoms with Crippen LogP contribution in [0.2, 0.25) is 10.3 Å². The van der Waals surface area contributed by atoms with Crippen LogP contribution in [0.25, 0.3) is 0 Å². The fraction of sp³-hybridized carbons (Fsp3) is 0.500. The first-order chi connectivity index (χ1) is 6.06. The lowest BCUT2D eigenvalue weighted by molar-refractivity contribution is 0.112. The van der Waals surface area contributed by atoms with Crippen molar-refractivity contribution in [3.63, 3.8) is 0 Å². The fourth-order valence-corrected chi connectivity index (χ4v) is 1.17. The van der Waals surface area contributed by atoms with Crippen molar-refractivity contribution < 1.29 is 4.74 Å². The zero-order valence-corrected chi connectivity index (χ0v) is 9.15. The molecule has 0 saturated heterocycles. The maximum atomic E-state index is 5.83. The summed E-state index contributed by atoms with van der Waals surface area (Å²) in [5.41, 5.74) is 0.690. The van der Waals surface area contributed by atoms with E-state index in [1.807, 2.05) is 6.92 Å². The van der Waals surface area contributed by atoms with Crippen LogP contribution >= 0.6 is 23.2 Å². The highest BCUT2D eigenvalue weighted by Crippen LogP contribution is 2.22. The molecule has 13 heavy (non-hydrogen) atoms. The van der Waals surface area contributed by atoms with Crippen LogP contribution in [0.4, 0.5) is 0 Å². The van der Waals surface area contributed by atoms with Crippen molar-refractivity contribution in [1.82, 2.24) is 9.97 Å². The fourth-order valence-electron chi connectivity index (χ4n) is 0.766. The first kappa shape index (κ1) is 10.7. The van der Waals surface area contributed by atoms with Gasteiger partial charge in [-0.05, 0) is 13.8 Å². The van der Waals surface area contributed by atoms with Crippen LogP contribution in [0.1, 0.15) is 24.4 Å². The molecule has 1 rings (SSSR count). The lowest BCUT2D eigenvalue weighted by Crippen LogP contribution is -2.04. The number of methoxy groups -OCH3 is 1. The highest BCUT2D eigenvalue weighted by atomic mass is 35.5. The Bertz CT molecular complexity index is 294. The van der Waals surface area contributed by atoms with Gasteiger partial charge in [0.1, 0.15) is 16.4 Å². The molecule has 0 fully saturated rings. The van der Waals surface area contributed by atoms with Gasteiger partial charge in [-0.25, -0.2) is 9.97 Å². The second kappa shape index (κ2) is 4.22. The summed E-state index contributed by atoms with van der Waals surface area (Å²) >= 11 is 11.7. The molecule has 1 unspecified atom stereocenters. The average molecular weight is 221 g/mol. The molecule has 5 heteroatoms. The van der Waals surface area contributed by atoms with E-state index in [-0.39, 0.29) is 6.10 Å². The van der Waals surface area contributed by atoms with Gasteiger partial charge in [0, 0.05) is 12.7 Å². The number of ether oxygens (including phenoxy) is 1. The van der Waals surface area contributed by atoms with Crippen molar-refractivity contribution in [2.75, 3.05) is 7.11 Å². The van der Waals surface area contributed by atoms with E-state index in [1.165, 1.54) is 0 Å². The van der Waals surface area contributed by atoms with Gasteiger partial charge in [0.15, 0.2) is 5.82 Å². The Hall–Kier alpha value is -0.380. The molecule has 0 aromatic carbocycles. The second-order valence-corrected chi connectivity index (χ2v) is 3.38. The van der Waals surface area contributed by atoms with E-state index in [0.29, 0.717) is 21.7 Å². The van der Waals surface area contributed by atoms with Gasteiger partial charge in [-0.2, -0.15) is 0 Å². The Morgan fingerprint density at radius 3 is 2.08 bits per heavy atom. The van der Waals surface area contributed by atoms with Crippen molar-refractivity contribution in [3.8, 4) is 0 Å². The molecular formula is C8H10Cl2N2O. The third-order valence-corrected chi connectivity index (χ3v) is 2.50. The molecule has 1 aromatic heterocycles. The normalized spacial score (nSPS) is 13.0. The molecule has 0 saturated carbocycles. The summed E-state index contributed by atoms with van der Waals surface area (Å²) in [6, 6.07) is 0. The summed E-state index contributed by atoms with van der Waals surface area (Å²) in [6.07, 6.45) is -0.199. The van der Waals surface area contributed by atoms with Gasteiger partial charge in [-0.15, -0.1) is 0 Å². The molecule has 72 valence electrons. The molecule has 0 aliphatic heterocycles. The summed E-state index contributed by atoms with van der Waals surface area (Å²) < 4.78 is 5.04. The molecule has 0 radical (unpaired) electrons. The number of nitrogens with zero attached hydrogens (tertiary/aromatic N) is 2. The van der Waals surface area contributed by atoms with Gasteiger partial charge in [-0.3, -0.25) is 0 Å². The topological polar surface area (TPSA) is 35.0 Å². The molecule has 0 amide bonds. The third-order valence-electron chi connectivity index (χ3n) is 1.76. The van der Waals surface area contributed by atoms with E-state index in [9.17, 15) is 0 Å². The number of hydrogen-bond donors (Lipinski definition) is 0. The average Bonchev–Trinajstić information content (AvgIpc) is 2.12. The summed E-state index contributed by atoms with van der Waals surface area (Å²) in [4.78, 5) is 8.10. The number of halogens is 2. The Morgan fingerprint density at radius 2 is 1.69 bits per heavy atom. The van der Waals surface area contributed by atoms with Crippen molar-refractivity contribution in [3.05, 3.63) is 21.7 Å². The number of aromatic nitrogens is 2. The van der Waals surface area contributed by atoms with E-state index in [0.717, 1.165) is 0 Å². The maximum Gasteiger partial charge on any atom is 0.160 e. The highest BCUT2D eigenvalue weighted by molar-refractivity contribution is 6.34. The number of rotatable bonds is 2. The first-order valence-corrected chi connectivity index (χ1v) is 4.54. The lowest BCUT2D eigenvalue weighted by Gasteiger charge is -2.09. The minimum Gasteiger partial charge on any atom is -0.374 e. The van der Waals surface area contributed by atoms with E-state index in [2.05, 4.69) is 9.97 Å². The van der Waals surface area contributed by atoms with Crippen LogP contribution in [-0.4, -0.2) is 17.1 Å². The van der Waals surface area contributed by atoms with Crippen molar-refractivity contribution in [2.45, 2.75) is 20.0 Å². The lowest BCUT2D eigenvalue weighted by atomic mass is 10.3. The van der Waals surface area contributed by atoms with Crippen LogP contribution in [-0.2, 0) is 4.74 Å². The molecule has 0 bridgehead atoms. The van der Waals surface area contributed by atoms with E-state index in [4.69, 9.17) is 27.9 Å². The smallest absolute Gasteiger partial charge is 0.160 e. The van der Waals surface area contributed by atoms with Crippen molar-refractivity contribution in [2.24, 2.45) is 0 Å². The molecule has 1 atom stereocenters. The van der Waals surface area contributed by atoms with Gasteiger partial charge >= 0.3 is 0 Å². The minimum atomic E-state index is -0.199. The van der Waals surface area contributed by atoms with Crippen LogP contribution in [0, 0.1) is 6.92 Å². The zero-order chi connectivity index (χ0) is 10.0. The minimum absolute atomic E-state index is 0.199. The molecular weight excluding hydrogens is 211 g/mol. The molecule has 0 aliphatic rings. The summed E-state index contributed by atoms with van der Waals surface area (Å²) in [6.45, 7) is 3.60. The maximum absolute atomic E-state index is 5.83. The van der Waals surface area contributed by atoms with Gasteiger partial charge in [0.25, 0.3) is 0 Å². The van der Waals surface area contributed by atoms with Crippen LogP contribution in [0.15, 0.2) is 0 Å². The van der Waals surface area contributed by atoms with Gasteiger partial charge in [0.05, 0.1) is 0 Å². The third kappa shape index (κ3) is 2.30. The summed E-state index contributed by atoms with van der Waals surface area (Å²) in [5.74, 6) is 0.503. The predicted octanol–water partition coefficient (Wildman–Crippen LogP) is 2.80. The van der Waals surface area contributed by atoms with Crippen LogP contribution < -0.4 is 0 Å². The largest absolute Gasteiger partial charge is 0.374 e. The van der Waals surface area contributed by atoms with E-state index in [1.54, 1.807) is 14.0 Å². The Labute approximate surface area is 87.1 Å². The molecule has 0 N–H and O–H groups in total. The standard InChI is InChI=1S/C8H10Cl2N2O/c1-4-6(9)11-8(5(2)13-3)12-7(4)10/h5H,1-3H3. The SMILES string of the molecule is COC(C)c1nc(Cl)c(C)c(Cl)n1. The highest BCUT2D eigenvalue weighted by Gasteiger charge is 2.12. The second-order valence-electron chi connectivity index (χ2n) is 2.67. The monoisotopic (exact) mass is 220 g/mol. The van der Waals surface area contributed by atoms with Crippen LogP contribution in [0.5, 0.6) is 0 Å². The Kier molecular flexibility index (Phi) is 3.47. The zero-order valence-electron chi connectivity index (χ0n) is 7.64. The molecule has 3 nitrogen and oxygen atoms in total. The molecule has 1 aromatic rings. The Balaban J connectivity index is 3.13. The van der Waals surface area contributed by atoms with Crippen molar-refractivity contribution >= 4 is 23.2 Å². The Morgan fingerprint density at radius 1 is 1.23 bits per heavy atom. The summed E-state index contributed by atoms with van der Waals surface area (Å²) in [7, 11) is 1.58. The summed E-state index contributed by atoms with van der Waals surface area (Å²) in [5, 5.41) is 0.748. The van der Waals surface area contributed by atoms with Gasteiger partial charge < -0.3 is 4.74 Å². The molecule has 0 aliphatic carbocycles. The molecule has 1 heterocycles. The van der Waals surface area contributed by atoms with Gasteiger partial charge in [0.2, 0.25) is 0 Å². The first-order valence-electron chi connectivity index (χ1n) is 3.78. The predicted molar refractivity (Wildman–Crippen MR) is 52.2 cm³/mol. The van der Waals surface area contributed by atoms with E-state index < -0.39 is 0 Å².